The number of nitrogens with zero attached hydrogens (tertiary/aromatic N) is 3. The number of aromatic nitrogens is 2. The topological polar surface area (TPSA) is 113 Å². The molecule has 2 N–H and O–H groups in total. The molecule has 0 fully saturated rings. The van der Waals surface area contributed by atoms with E-state index < -0.39 is 34.1 Å². The summed E-state index contributed by atoms with van der Waals surface area (Å²) in [5, 5.41) is 15.0. The zero-order valence-electron chi connectivity index (χ0n) is 13.8. The van der Waals surface area contributed by atoms with Crippen molar-refractivity contribution in [1.82, 2.24) is 9.78 Å². The van der Waals surface area contributed by atoms with Gasteiger partial charge in [-0.15, -0.1) is 5.10 Å². The Balaban J connectivity index is 2.53. The van der Waals surface area contributed by atoms with Crippen molar-refractivity contribution in [3.05, 3.63) is 45.1 Å². The summed E-state index contributed by atoms with van der Waals surface area (Å²) >= 11 is 0. The minimum absolute atomic E-state index is 0.119. The van der Waals surface area contributed by atoms with Gasteiger partial charge in [0.15, 0.2) is 0 Å². The number of nitro groups is 1. The Labute approximate surface area is 145 Å². The maximum Gasteiger partial charge on any atom is 0.416 e. The van der Waals surface area contributed by atoms with Crippen LogP contribution < -0.4 is 10.5 Å². The second-order valence-electron chi connectivity index (χ2n) is 5.41. The number of carbonyl (C=O) groups is 1. The molecule has 0 unspecified atom stereocenters. The first kappa shape index (κ1) is 19.2. The van der Waals surface area contributed by atoms with Crippen molar-refractivity contribution in [2.45, 2.75) is 32.9 Å². The van der Waals surface area contributed by atoms with E-state index in [9.17, 15) is 28.1 Å². The third kappa shape index (κ3) is 3.76. The van der Waals surface area contributed by atoms with Crippen molar-refractivity contribution in [1.29, 1.82) is 0 Å². The van der Waals surface area contributed by atoms with E-state index >= 15 is 0 Å². The van der Waals surface area contributed by atoms with Crippen LogP contribution in [0.2, 0.25) is 0 Å². The van der Waals surface area contributed by atoms with Gasteiger partial charge in [0.2, 0.25) is 11.6 Å². The number of ether oxygens (including phenoxy) is 1. The van der Waals surface area contributed by atoms with Crippen LogP contribution in [0.15, 0.2) is 18.2 Å². The van der Waals surface area contributed by atoms with Crippen LogP contribution in [-0.4, -0.2) is 20.7 Å². The summed E-state index contributed by atoms with van der Waals surface area (Å²) in [7, 11) is 0. The quantitative estimate of drug-likeness (QED) is 0.634. The molecule has 0 aliphatic rings. The number of alkyl halides is 3. The SMILES string of the molecule is CCCc1c(Oc2ccc(C(F)(F)F)cc2[N+](=O)[O-])nn(C(N)=O)c1C. The minimum atomic E-state index is -4.74. The fourth-order valence-electron chi connectivity index (χ4n) is 2.37. The number of benzene rings is 1. The maximum absolute atomic E-state index is 12.8. The van der Waals surface area contributed by atoms with Crippen molar-refractivity contribution in [3.63, 3.8) is 0 Å². The predicted molar refractivity (Wildman–Crippen MR) is 84.1 cm³/mol. The molecule has 0 aliphatic heterocycles. The Morgan fingerprint density at radius 3 is 2.58 bits per heavy atom. The van der Waals surface area contributed by atoms with Gasteiger partial charge in [-0.1, -0.05) is 13.3 Å². The van der Waals surface area contributed by atoms with Gasteiger partial charge in [0.1, 0.15) is 0 Å². The molecule has 0 saturated heterocycles. The van der Waals surface area contributed by atoms with Crippen molar-refractivity contribution in [2.75, 3.05) is 0 Å². The van der Waals surface area contributed by atoms with Crippen LogP contribution in [0.4, 0.5) is 23.7 Å². The number of rotatable bonds is 5. The predicted octanol–water partition coefficient (Wildman–Crippen LogP) is 3.79. The Morgan fingerprint density at radius 2 is 2.08 bits per heavy atom. The lowest BCUT2D eigenvalue weighted by molar-refractivity contribution is -0.385. The minimum Gasteiger partial charge on any atom is -0.430 e. The van der Waals surface area contributed by atoms with Gasteiger partial charge in [-0.25, -0.2) is 4.79 Å². The highest BCUT2D eigenvalue weighted by Gasteiger charge is 2.34. The van der Waals surface area contributed by atoms with E-state index in [2.05, 4.69) is 5.10 Å². The Kier molecular flexibility index (Phi) is 5.19. The lowest BCUT2D eigenvalue weighted by Crippen LogP contribution is -2.22. The molecule has 0 aliphatic carbocycles. The molecule has 1 heterocycles. The van der Waals surface area contributed by atoms with E-state index in [1.54, 1.807) is 6.92 Å². The summed E-state index contributed by atoms with van der Waals surface area (Å²) in [4.78, 5) is 21.6. The van der Waals surface area contributed by atoms with Gasteiger partial charge < -0.3 is 10.5 Å². The number of halogens is 3. The van der Waals surface area contributed by atoms with Gasteiger partial charge in [0, 0.05) is 11.6 Å². The average Bonchev–Trinajstić information content (AvgIpc) is 2.84. The van der Waals surface area contributed by atoms with Crippen LogP contribution in [0.1, 0.15) is 30.2 Å². The zero-order valence-corrected chi connectivity index (χ0v) is 13.8. The number of hydrogen-bond donors (Lipinski definition) is 1. The molecule has 0 spiro atoms. The van der Waals surface area contributed by atoms with Gasteiger partial charge in [-0.05, 0) is 25.5 Å². The molecule has 2 aromatic rings. The Bertz CT molecular complexity index is 861. The average molecular weight is 372 g/mol. The van der Waals surface area contributed by atoms with Crippen LogP contribution in [0.3, 0.4) is 0 Å². The lowest BCUT2D eigenvalue weighted by atomic mass is 10.1. The molecule has 1 aromatic carbocycles. The number of nitro benzene ring substituents is 1. The van der Waals surface area contributed by atoms with Crippen molar-refractivity contribution < 1.29 is 27.6 Å². The van der Waals surface area contributed by atoms with E-state index in [-0.39, 0.29) is 5.88 Å². The van der Waals surface area contributed by atoms with Gasteiger partial charge in [-0.2, -0.15) is 17.9 Å². The largest absolute Gasteiger partial charge is 0.430 e. The molecule has 0 saturated carbocycles. The zero-order chi connectivity index (χ0) is 19.6. The maximum atomic E-state index is 12.8. The molecule has 0 bridgehead atoms. The highest BCUT2D eigenvalue weighted by Crippen LogP contribution is 2.38. The number of hydrogen-bond acceptors (Lipinski definition) is 5. The molecule has 1 amide bonds. The standard InChI is InChI=1S/C15H15F3N4O4/c1-3-4-10-8(2)21(14(19)23)20-13(10)26-12-6-5-9(15(16,17)18)7-11(12)22(24)25/h5-7H,3-4H2,1-2H3,(H2,19,23). The molecule has 26 heavy (non-hydrogen) atoms. The monoisotopic (exact) mass is 372 g/mol. The van der Waals surface area contributed by atoms with Crippen LogP contribution in [0, 0.1) is 17.0 Å². The second-order valence-corrected chi connectivity index (χ2v) is 5.41. The van der Waals surface area contributed by atoms with Gasteiger partial charge in [0.05, 0.1) is 16.2 Å². The summed E-state index contributed by atoms with van der Waals surface area (Å²) in [6.45, 7) is 3.42. The number of carbonyl (C=O) groups excluding carboxylic acids is 1. The normalized spacial score (nSPS) is 11.4. The molecule has 0 atom stereocenters. The second kappa shape index (κ2) is 7.02. The third-order valence-corrected chi connectivity index (χ3v) is 3.60. The molecule has 140 valence electrons. The fourth-order valence-corrected chi connectivity index (χ4v) is 2.37. The summed E-state index contributed by atoms with van der Waals surface area (Å²) in [6.07, 6.45) is -3.65. The smallest absolute Gasteiger partial charge is 0.416 e. The number of amides is 1. The molecular formula is C15H15F3N4O4. The Hall–Kier alpha value is -3.11. The van der Waals surface area contributed by atoms with Gasteiger partial charge >= 0.3 is 17.9 Å². The van der Waals surface area contributed by atoms with Crippen LogP contribution >= 0.6 is 0 Å². The third-order valence-electron chi connectivity index (χ3n) is 3.60. The highest BCUT2D eigenvalue weighted by molar-refractivity contribution is 5.75. The van der Waals surface area contributed by atoms with Gasteiger partial charge in [-0.3, -0.25) is 10.1 Å². The van der Waals surface area contributed by atoms with Gasteiger partial charge in [0.25, 0.3) is 0 Å². The van der Waals surface area contributed by atoms with E-state index in [0.717, 1.165) is 10.7 Å². The van der Waals surface area contributed by atoms with Crippen LogP contribution in [0.25, 0.3) is 0 Å². The van der Waals surface area contributed by atoms with Crippen molar-refractivity contribution >= 4 is 11.7 Å². The van der Waals surface area contributed by atoms with E-state index in [1.807, 2.05) is 6.92 Å². The first-order chi connectivity index (χ1) is 12.1. The highest BCUT2D eigenvalue weighted by atomic mass is 19.4. The first-order valence-corrected chi connectivity index (χ1v) is 7.48. The lowest BCUT2D eigenvalue weighted by Gasteiger charge is -2.09. The van der Waals surface area contributed by atoms with Crippen LogP contribution in [0.5, 0.6) is 11.6 Å². The fraction of sp³-hybridized carbons (Fsp3) is 0.333. The first-order valence-electron chi connectivity index (χ1n) is 7.48. The molecule has 0 radical (unpaired) electrons. The Morgan fingerprint density at radius 1 is 1.42 bits per heavy atom. The summed E-state index contributed by atoms with van der Waals surface area (Å²) in [5.74, 6) is -0.541. The number of nitrogens with two attached hydrogens (primary N) is 1. The molecule has 8 nitrogen and oxygen atoms in total. The van der Waals surface area contributed by atoms with E-state index in [0.29, 0.717) is 36.2 Å². The van der Waals surface area contributed by atoms with Crippen molar-refractivity contribution in [2.24, 2.45) is 5.73 Å². The summed E-state index contributed by atoms with van der Waals surface area (Å²) < 4.78 is 44.6. The molecule has 2 rings (SSSR count). The summed E-state index contributed by atoms with van der Waals surface area (Å²) in [6, 6.07) is 1.01. The van der Waals surface area contributed by atoms with Crippen molar-refractivity contribution in [3.8, 4) is 11.6 Å². The summed E-state index contributed by atoms with van der Waals surface area (Å²) in [5.41, 5.74) is 4.04. The molecule has 11 heteroatoms. The molecular weight excluding hydrogens is 357 g/mol. The van der Waals surface area contributed by atoms with E-state index in [1.165, 1.54) is 0 Å². The number of primary amides is 1. The molecule has 1 aromatic heterocycles. The van der Waals surface area contributed by atoms with E-state index in [4.69, 9.17) is 10.5 Å². The van der Waals surface area contributed by atoms with Crippen LogP contribution in [-0.2, 0) is 12.6 Å².